The van der Waals surface area contributed by atoms with Gasteiger partial charge in [0.05, 0.1) is 20.8 Å². The number of ether oxygens (including phenoxy) is 2. The van der Waals surface area contributed by atoms with Gasteiger partial charge in [-0.05, 0) is 67.9 Å². The van der Waals surface area contributed by atoms with Crippen molar-refractivity contribution < 1.29 is 9.47 Å². The molecule has 30 heavy (non-hydrogen) atoms. The molecule has 2 heterocycles. The lowest BCUT2D eigenvalue weighted by molar-refractivity contribution is 0.179. The average molecular weight is 431 g/mol. The number of guanidine groups is 1. The SMILES string of the molecule is CCNC(=NCc1ccc(OC)c(OC)c1)NCC1CCN(Cc2cccs2)CC1. The van der Waals surface area contributed by atoms with Crippen LogP contribution >= 0.6 is 11.3 Å². The van der Waals surface area contributed by atoms with Crippen molar-refractivity contribution in [1.82, 2.24) is 15.5 Å². The third-order valence-corrected chi connectivity index (χ3v) is 6.30. The number of nitrogens with one attached hydrogen (secondary N) is 2. The lowest BCUT2D eigenvalue weighted by atomic mass is 9.97. The largest absolute Gasteiger partial charge is 0.493 e. The van der Waals surface area contributed by atoms with Gasteiger partial charge in [0.2, 0.25) is 0 Å². The van der Waals surface area contributed by atoms with Crippen LogP contribution in [0, 0.1) is 5.92 Å². The van der Waals surface area contributed by atoms with Gasteiger partial charge in [0, 0.05) is 24.5 Å². The normalized spacial score (nSPS) is 15.8. The quantitative estimate of drug-likeness (QED) is 0.469. The van der Waals surface area contributed by atoms with Gasteiger partial charge in [-0.1, -0.05) is 12.1 Å². The van der Waals surface area contributed by atoms with Gasteiger partial charge >= 0.3 is 0 Å². The van der Waals surface area contributed by atoms with Crippen LogP contribution in [0.5, 0.6) is 11.5 Å². The van der Waals surface area contributed by atoms with Crippen LogP contribution in [0.25, 0.3) is 0 Å². The molecule has 1 fully saturated rings. The molecule has 3 rings (SSSR count). The maximum absolute atomic E-state index is 5.39. The molecule has 1 aromatic heterocycles. The predicted octanol–water partition coefficient (Wildman–Crippen LogP) is 3.73. The van der Waals surface area contributed by atoms with Crippen molar-refractivity contribution in [2.24, 2.45) is 10.9 Å². The molecule has 1 saturated heterocycles. The Morgan fingerprint density at radius 2 is 1.93 bits per heavy atom. The van der Waals surface area contributed by atoms with Gasteiger partial charge in [0.25, 0.3) is 0 Å². The highest BCUT2D eigenvalue weighted by Gasteiger charge is 2.19. The van der Waals surface area contributed by atoms with Crippen LogP contribution < -0.4 is 20.1 Å². The first-order valence-electron chi connectivity index (χ1n) is 10.7. The zero-order chi connectivity index (χ0) is 21.2. The van der Waals surface area contributed by atoms with E-state index in [1.807, 2.05) is 29.5 Å². The van der Waals surface area contributed by atoms with Crippen molar-refractivity contribution in [3.63, 3.8) is 0 Å². The van der Waals surface area contributed by atoms with E-state index >= 15 is 0 Å². The summed E-state index contributed by atoms with van der Waals surface area (Å²) in [4.78, 5) is 8.78. The monoisotopic (exact) mass is 430 g/mol. The molecule has 0 saturated carbocycles. The smallest absolute Gasteiger partial charge is 0.191 e. The Kier molecular flexibility index (Phi) is 8.83. The molecule has 0 spiro atoms. The Bertz CT molecular complexity index is 787. The van der Waals surface area contributed by atoms with Crippen LogP contribution in [0.3, 0.4) is 0 Å². The third-order valence-electron chi connectivity index (χ3n) is 5.44. The van der Waals surface area contributed by atoms with Crippen molar-refractivity contribution in [2.75, 3.05) is 40.4 Å². The highest BCUT2D eigenvalue weighted by molar-refractivity contribution is 7.09. The van der Waals surface area contributed by atoms with Gasteiger partial charge in [-0.3, -0.25) is 4.90 Å². The minimum Gasteiger partial charge on any atom is -0.493 e. The summed E-state index contributed by atoms with van der Waals surface area (Å²) in [6.07, 6.45) is 2.46. The molecule has 0 unspecified atom stereocenters. The fourth-order valence-corrected chi connectivity index (χ4v) is 4.45. The van der Waals surface area contributed by atoms with Crippen LogP contribution in [-0.4, -0.2) is 51.3 Å². The summed E-state index contributed by atoms with van der Waals surface area (Å²) in [5.41, 5.74) is 1.09. The molecule has 164 valence electrons. The molecule has 1 aliphatic heterocycles. The molecule has 0 amide bonds. The second-order valence-electron chi connectivity index (χ2n) is 7.56. The van der Waals surface area contributed by atoms with E-state index in [1.165, 1.54) is 30.8 Å². The Morgan fingerprint density at radius 3 is 2.60 bits per heavy atom. The van der Waals surface area contributed by atoms with E-state index in [0.29, 0.717) is 12.5 Å². The fraction of sp³-hybridized carbons (Fsp3) is 0.522. The maximum Gasteiger partial charge on any atom is 0.191 e. The van der Waals surface area contributed by atoms with E-state index in [1.54, 1.807) is 14.2 Å². The minimum absolute atomic E-state index is 0.592. The molecule has 2 N–H and O–H groups in total. The second kappa shape index (κ2) is 11.8. The zero-order valence-corrected chi connectivity index (χ0v) is 19.1. The number of hydrogen-bond acceptors (Lipinski definition) is 5. The molecule has 7 heteroatoms. The Morgan fingerprint density at radius 1 is 1.13 bits per heavy atom. The van der Waals surface area contributed by atoms with Crippen LogP contribution in [0.2, 0.25) is 0 Å². The van der Waals surface area contributed by atoms with E-state index < -0.39 is 0 Å². The van der Waals surface area contributed by atoms with Crippen molar-refractivity contribution in [3.8, 4) is 11.5 Å². The molecule has 0 aliphatic carbocycles. The molecular weight excluding hydrogens is 396 g/mol. The summed E-state index contributed by atoms with van der Waals surface area (Å²) < 4.78 is 10.7. The van der Waals surface area contributed by atoms with E-state index in [4.69, 9.17) is 14.5 Å². The molecule has 0 radical (unpaired) electrons. The Balaban J connectivity index is 1.47. The molecule has 1 aliphatic rings. The van der Waals surface area contributed by atoms with Crippen molar-refractivity contribution in [2.45, 2.75) is 32.9 Å². The topological polar surface area (TPSA) is 58.1 Å². The molecule has 6 nitrogen and oxygen atoms in total. The number of piperidine rings is 1. The van der Waals surface area contributed by atoms with E-state index in [2.05, 4.69) is 40.0 Å². The first-order valence-corrected chi connectivity index (χ1v) is 11.6. The number of nitrogens with zero attached hydrogens (tertiary/aromatic N) is 2. The molecule has 0 bridgehead atoms. The first-order chi connectivity index (χ1) is 14.7. The van der Waals surface area contributed by atoms with Gasteiger partial charge in [-0.15, -0.1) is 11.3 Å². The summed E-state index contributed by atoms with van der Waals surface area (Å²) in [5, 5.41) is 9.06. The third kappa shape index (κ3) is 6.64. The van der Waals surface area contributed by atoms with Crippen molar-refractivity contribution >= 4 is 17.3 Å². The molecule has 0 atom stereocenters. The van der Waals surface area contributed by atoms with Gasteiger partial charge in [0.15, 0.2) is 17.5 Å². The molecular formula is C23H34N4O2S. The summed E-state index contributed by atoms with van der Waals surface area (Å²) in [7, 11) is 3.30. The number of benzene rings is 1. The van der Waals surface area contributed by atoms with Crippen LogP contribution in [0.4, 0.5) is 0 Å². The average Bonchev–Trinajstić information content (AvgIpc) is 3.29. The Hall–Kier alpha value is -2.25. The summed E-state index contributed by atoms with van der Waals surface area (Å²) in [5.74, 6) is 3.03. The maximum atomic E-state index is 5.39. The zero-order valence-electron chi connectivity index (χ0n) is 18.3. The van der Waals surface area contributed by atoms with E-state index in [-0.39, 0.29) is 0 Å². The number of hydrogen-bond donors (Lipinski definition) is 2. The van der Waals surface area contributed by atoms with Gasteiger partial charge < -0.3 is 20.1 Å². The molecule has 1 aromatic carbocycles. The fourth-order valence-electron chi connectivity index (χ4n) is 3.70. The molecule has 2 aromatic rings. The lowest BCUT2D eigenvalue weighted by Gasteiger charge is -2.32. The lowest BCUT2D eigenvalue weighted by Crippen LogP contribution is -2.42. The summed E-state index contributed by atoms with van der Waals surface area (Å²) in [6, 6.07) is 10.3. The standard InChI is InChI=1S/C23H34N4O2S/c1-4-24-23(26-16-19-7-8-21(28-2)22(14-19)29-3)25-15-18-9-11-27(12-10-18)17-20-6-5-13-30-20/h5-8,13-14,18H,4,9-12,15-17H2,1-3H3,(H2,24,25,26). The van der Waals surface area contributed by atoms with Crippen molar-refractivity contribution in [1.29, 1.82) is 0 Å². The van der Waals surface area contributed by atoms with Crippen LogP contribution in [0.15, 0.2) is 40.7 Å². The number of methoxy groups -OCH3 is 2. The number of thiophene rings is 1. The van der Waals surface area contributed by atoms with Gasteiger partial charge in [0.1, 0.15) is 0 Å². The predicted molar refractivity (Wildman–Crippen MR) is 125 cm³/mol. The highest BCUT2D eigenvalue weighted by atomic mass is 32.1. The first kappa shape index (κ1) is 22.4. The van der Waals surface area contributed by atoms with Crippen LogP contribution in [-0.2, 0) is 13.1 Å². The van der Waals surface area contributed by atoms with Crippen LogP contribution in [0.1, 0.15) is 30.2 Å². The van der Waals surface area contributed by atoms with Gasteiger partial charge in [-0.25, -0.2) is 4.99 Å². The highest BCUT2D eigenvalue weighted by Crippen LogP contribution is 2.27. The number of aliphatic imine (C=N–C) groups is 1. The van der Waals surface area contributed by atoms with E-state index in [0.717, 1.165) is 42.7 Å². The summed E-state index contributed by atoms with van der Waals surface area (Å²) in [6.45, 7) is 7.92. The summed E-state index contributed by atoms with van der Waals surface area (Å²) >= 11 is 1.85. The van der Waals surface area contributed by atoms with Crippen molar-refractivity contribution in [3.05, 3.63) is 46.2 Å². The van der Waals surface area contributed by atoms with Gasteiger partial charge in [-0.2, -0.15) is 0 Å². The number of rotatable bonds is 9. The number of likely N-dealkylation sites (tertiary alicyclic amines) is 1. The van der Waals surface area contributed by atoms with E-state index in [9.17, 15) is 0 Å². The second-order valence-corrected chi connectivity index (χ2v) is 8.60. The Labute approximate surface area is 184 Å². The minimum atomic E-state index is 0.592.